The molecule has 1 heterocycles. The number of hydrazone groups is 1. The van der Waals surface area contributed by atoms with Crippen LogP contribution in [0.15, 0.2) is 46.1 Å². The summed E-state index contributed by atoms with van der Waals surface area (Å²) >= 11 is 0. The van der Waals surface area contributed by atoms with Crippen molar-refractivity contribution in [2.45, 2.75) is 0 Å². The highest BCUT2D eigenvalue weighted by molar-refractivity contribution is 5.82. The second-order valence-electron chi connectivity index (χ2n) is 3.59. The van der Waals surface area contributed by atoms with E-state index < -0.39 is 9.96 Å². The van der Waals surface area contributed by atoms with Crippen molar-refractivity contribution in [3.8, 4) is 11.3 Å². The Bertz CT molecular complexity index is 665. The van der Waals surface area contributed by atoms with E-state index in [1.165, 1.54) is 18.4 Å². The van der Waals surface area contributed by atoms with Gasteiger partial charge < -0.3 is 9.73 Å². The van der Waals surface area contributed by atoms with E-state index in [4.69, 9.17) is 4.42 Å². The highest BCUT2D eigenvalue weighted by atomic mass is 16.7. The van der Waals surface area contributed by atoms with Crippen LogP contribution in [0, 0.1) is 20.2 Å². The van der Waals surface area contributed by atoms with Crippen LogP contribution >= 0.6 is 0 Å². The summed E-state index contributed by atoms with van der Waals surface area (Å²) < 4.78 is 5.15. The molecule has 1 aromatic carbocycles. The Morgan fingerprint density at radius 2 is 2.05 bits per heavy atom. The van der Waals surface area contributed by atoms with Gasteiger partial charge in [-0.05, 0) is 24.3 Å². The van der Waals surface area contributed by atoms with Gasteiger partial charge in [-0.1, -0.05) is 0 Å². The first-order valence-corrected chi connectivity index (χ1v) is 5.33. The number of nitrogens with one attached hydrogen (secondary N) is 1. The number of nitro benzene ring substituents is 1. The minimum absolute atomic E-state index is 0.0934. The average molecular weight is 276 g/mol. The molecule has 0 bridgehead atoms. The molecule has 0 aliphatic carbocycles. The summed E-state index contributed by atoms with van der Waals surface area (Å²) in [4.78, 5) is 20.4. The van der Waals surface area contributed by atoms with Crippen LogP contribution in [0.3, 0.4) is 0 Å². The number of nitro groups is 2. The lowest BCUT2D eigenvalue weighted by Gasteiger charge is -2.03. The van der Waals surface area contributed by atoms with Gasteiger partial charge in [0.05, 0.1) is 16.3 Å². The smallest absolute Gasteiger partial charge is 0.293 e. The lowest BCUT2D eigenvalue weighted by Crippen LogP contribution is -2.01. The van der Waals surface area contributed by atoms with Gasteiger partial charge in [-0.15, -0.1) is 0 Å². The molecule has 1 N–H and O–H groups in total. The van der Waals surface area contributed by atoms with Gasteiger partial charge in [0, 0.05) is 11.6 Å². The number of furan rings is 1. The van der Waals surface area contributed by atoms with Crippen molar-refractivity contribution in [1.29, 1.82) is 0 Å². The van der Waals surface area contributed by atoms with Crippen molar-refractivity contribution in [3.05, 3.63) is 56.8 Å². The number of nitrogens with zero attached hydrogens (tertiary/aromatic N) is 3. The van der Waals surface area contributed by atoms with Gasteiger partial charge in [-0.3, -0.25) is 10.1 Å². The van der Waals surface area contributed by atoms with Crippen LogP contribution in [0.4, 0.5) is 11.4 Å². The monoisotopic (exact) mass is 276 g/mol. The summed E-state index contributed by atoms with van der Waals surface area (Å²) in [5, 5.41) is 25.3. The predicted molar refractivity (Wildman–Crippen MR) is 69.9 cm³/mol. The minimum Gasteiger partial charge on any atom is -0.464 e. The standard InChI is InChI=1S/C11H8N4O5/c16-14(17)10-6-8(11-2-1-5-20-11)3-4-9(10)12-7-13-15(18)19/h1-7H,(H,12,13). The fraction of sp³-hybridized carbons (Fsp3) is 0. The van der Waals surface area contributed by atoms with Gasteiger partial charge in [0.2, 0.25) is 0 Å². The summed E-state index contributed by atoms with van der Waals surface area (Å²) in [5.74, 6) is 0.485. The van der Waals surface area contributed by atoms with Crippen molar-refractivity contribution in [3.63, 3.8) is 0 Å². The maximum atomic E-state index is 11.0. The maximum Gasteiger partial charge on any atom is 0.293 e. The lowest BCUT2D eigenvalue weighted by atomic mass is 10.1. The Hall–Kier alpha value is -3.23. The van der Waals surface area contributed by atoms with Crippen LogP contribution in [0.1, 0.15) is 0 Å². The Labute approximate surface area is 111 Å². The summed E-state index contributed by atoms with van der Waals surface area (Å²) in [6.07, 6.45) is 2.23. The van der Waals surface area contributed by atoms with E-state index in [0.29, 0.717) is 11.3 Å². The van der Waals surface area contributed by atoms with E-state index >= 15 is 0 Å². The molecular formula is C11H8N4O5. The Balaban J connectivity index is 2.34. The number of benzene rings is 1. The number of hydrogen-bond acceptors (Lipinski definition) is 5. The van der Waals surface area contributed by atoms with Crippen molar-refractivity contribution in [2.75, 3.05) is 5.32 Å². The molecule has 9 heteroatoms. The van der Waals surface area contributed by atoms with Crippen LogP contribution in [0.2, 0.25) is 0 Å². The number of rotatable bonds is 5. The SMILES string of the molecule is O=[N+]([O-])/N=C/Nc1ccc(-c2ccco2)cc1[N+](=O)[O-]. The molecule has 2 aromatic rings. The molecule has 0 spiro atoms. The molecule has 0 unspecified atom stereocenters. The van der Waals surface area contributed by atoms with E-state index in [1.54, 1.807) is 18.2 Å². The van der Waals surface area contributed by atoms with Gasteiger partial charge in [-0.2, -0.15) is 0 Å². The van der Waals surface area contributed by atoms with Gasteiger partial charge in [0.25, 0.3) is 5.69 Å². The topological polar surface area (TPSA) is 124 Å². The number of hydrogen-bond donors (Lipinski definition) is 1. The molecule has 0 aliphatic heterocycles. The Morgan fingerprint density at radius 3 is 2.65 bits per heavy atom. The zero-order valence-corrected chi connectivity index (χ0v) is 9.92. The molecular weight excluding hydrogens is 268 g/mol. The minimum atomic E-state index is -0.921. The summed E-state index contributed by atoms with van der Waals surface area (Å²) in [5.41, 5.74) is 0.378. The quantitative estimate of drug-likeness (QED) is 0.387. The Kier molecular flexibility index (Phi) is 3.70. The van der Waals surface area contributed by atoms with Crippen molar-refractivity contribution < 1.29 is 14.4 Å². The van der Waals surface area contributed by atoms with Crippen LogP contribution in [0.25, 0.3) is 11.3 Å². The third-order valence-electron chi connectivity index (χ3n) is 2.37. The van der Waals surface area contributed by atoms with Crippen molar-refractivity contribution >= 4 is 17.7 Å². The first-order valence-electron chi connectivity index (χ1n) is 5.33. The molecule has 2 rings (SSSR count). The summed E-state index contributed by atoms with van der Waals surface area (Å²) in [7, 11) is 0. The van der Waals surface area contributed by atoms with Crippen LogP contribution < -0.4 is 5.32 Å². The molecule has 0 atom stereocenters. The zero-order chi connectivity index (χ0) is 14.5. The van der Waals surface area contributed by atoms with E-state index in [-0.39, 0.29) is 11.4 Å². The molecule has 1 aromatic heterocycles. The van der Waals surface area contributed by atoms with Crippen LogP contribution in [-0.2, 0) is 0 Å². The molecule has 0 fully saturated rings. The molecule has 102 valence electrons. The maximum absolute atomic E-state index is 11.0. The van der Waals surface area contributed by atoms with Crippen molar-refractivity contribution in [1.82, 2.24) is 0 Å². The molecule has 0 amide bonds. The second-order valence-corrected chi connectivity index (χ2v) is 3.59. The van der Waals surface area contributed by atoms with E-state index in [0.717, 1.165) is 6.34 Å². The highest BCUT2D eigenvalue weighted by Gasteiger charge is 2.15. The summed E-state index contributed by atoms with van der Waals surface area (Å²) in [6, 6.07) is 7.65. The third-order valence-corrected chi connectivity index (χ3v) is 2.37. The van der Waals surface area contributed by atoms with E-state index in [2.05, 4.69) is 10.4 Å². The first-order chi connectivity index (χ1) is 9.58. The van der Waals surface area contributed by atoms with Crippen LogP contribution in [0.5, 0.6) is 0 Å². The third kappa shape index (κ3) is 2.96. The van der Waals surface area contributed by atoms with Gasteiger partial charge in [0.1, 0.15) is 11.4 Å². The van der Waals surface area contributed by atoms with Gasteiger partial charge >= 0.3 is 0 Å². The van der Waals surface area contributed by atoms with E-state index in [9.17, 15) is 20.2 Å². The molecule has 20 heavy (non-hydrogen) atoms. The normalized spacial score (nSPS) is 10.6. The first kappa shape index (κ1) is 13.2. The lowest BCUT2D eigenvalue weighted by molar-refractivity contribution is -0.484. The molecule has 0 radical (unpaired) electrons. The second kappa shape index (κ2) is 5.61. The fourth-order valence-corrected chi connectivity index (χ4v) is 1.55. The molecule has 0 aliphatic rings. The predicted octanol–water partition coefficient (Wildman–Crippen LogP) is 2.49. The van der Waals surface area contributed by atoms with Crippen LogP contribution in [-0.4, -0.2) is 16.3 Å². The Morgan fingerprint density at radius 1 is 1.25 bits per heavy atom. The van der Waals surface area contributed by atoms with Gasteiger partial charge in [-0.25, -0.2) is 10.1 Å². The van der Waals surface area contributed by atoms with E-state index in [1.807, 2.05) is 0 Å². The fourth-order valence-electron chi connectivity index (χ4n) is 1.55. The molecule has 9 nitrogen and oxygen atoms in total. The number of anilines is 1. The zero-order valence-electron chi connectivity index (χ0n) is 9.92. The molecule has 0 saturated heterocycles. The van der Waals surface area contributed by atoms with Gasteiger partial charge in [0.15, 0.2) is 11.4 Å². The largest absolute Gasteiger partial charge is 0.464 e. The highest BCUT2D eigenvalue weighted by Crippen LogP contribution is 2.30. The molecule has 0 saturated carbocycles. The average Bonchev–Trinajstić information content (AvgIpc) is 2.92. The summed E-state index contributed by atoms with van der Waals surface area (Å²) in [6.45, 7) is 0. The van der Waals surface area contributed by atoms with Crippen molar-refractivity contribution in [2.24, 2.45) is 5.10 Å².